The number of benzene rings is 2. The molecule has 0 aliphatic rings. The summed E-state index contributed by atoms with van der Waals surface area (Å²) in [5, 5.41) is 9.40. The maximum atomic E-state index is 12.7. The highest BCUT2D eigenvalue weighted by Crippen LogP contribution is 2.20. The zero-order valence-corrected chi connectivity index (χ0v) is 14.1. The minimum absolute atomic E-state index is 0.0741. The molecule has 0 fully saturated rings. The molecular weight excluding hydrogens is 316 g/mol. The molecule has 0 amide bonds. The van der Waals surface area contributed by atoms with Crippen molar-refractivity contribution in [1.29, 1.82) is 0 Å². The molecule has 3 aromatic rings. The Hall–Kier alpha value is -3.14. The van der Waals surface area contributed by atoms with E-state index in [1.807, 2.05) is 44.2 Å². The lowest BCUT2D eigenvalue weighted by Gasteiger charge is -2.06. The van der Waals surface area contributed by atoms with Gasteiger partial charge in [-0.25, -0.2) is 4.79 Å². The van der Waals surface area contributed by atoms with E-state index in [0.29, 0.717) is 28.7 Å². The number of aromatic carboxylic acids is 1. The molecule has 126 valence electrons. The van der Waals surface area contributed by atoms with E-state index in [0.717, 1.165) is 11.1 Å². The topological polar surface area (TPSA) is 67.5 Å². The van der Waals surface area contributed by atoms with Crippen LogP contribution in [0.4, 0.5) is 0 Å². The van der Waals surface area contributed by atoms with Crippen LogP contribution < -0.4 is 5.43 Å². The Morgan fingerprint density at radius 3 is 2.60 bits per heavy atom. The quantitative estimate of drug-likeness (QED) is 0.761. The van der Waals surface area contributed by atoms with E-state index in [1.165, 1.54) is 18.2 Å². The van der Waals surface area contributed by atoms with Crippen molar-refractivity contribution in [1.82, 2.24) is 0 Å². The molecule has 0 aliphatic carbocycles. The van der Waals surface area contributed by atoms with Gasteiger partial charge >= 0.3 is 5.97 Å². The molecule has 0 atom stereocenters. The summed E-state index contributed by atoms with van der Waals surface area (Å²) in [7, 11) is 0. The Morgan fingerprint density at radius 1 is 1.16 bits per heavy atom. The highest BCUT2D eigenvalue weighted by Gasteiger charge is 2.13. The third kappa shape index (κ3) is 3.24. The predicted octanol–water partition coefficient (Wildman–Crippen LogP) is 4.53. The minimum atomic E-state index is -1.07. The first-order valence-corrected chi connectivity index (χ1v) is 8.08. The van der Waals surface area contributed by atoms with Crippen LogP contribution in [0.1, 0.15) is 39.7 Å². The fraction of sp³-hybridized carbons (Fsp3) is 0.143. The zero-order chi connectivity index (χ0) is 18.0. The summed E-state index contributed by atoms with van der Waals surface area (Å²) >= 11 is 0. The van der Waals surface area contributed by atoms with Crippen LogP contribution in [0.5, 0.6) is 0 Å². The van der Waals surface area contributed by atoms with Gasteiger partial charge in [0.25, 0.3) is 0 Å². The van der Waals surface area contributed by atoms with Crippen molar-refractivity contribution in [2.45, 2.75) is 20.3 Å². The second kappa shape index (κ2) is 6.77. The number of hydrogen-bond donors (Lipinski definition) is 1. The average Bonchev–Trinajstić information content (AvgIpc) is 2.61. The third-order valence-electron chi connectivity index (χ3n) is 4.22. The van der Waals surface area contributed by atoms with Crippen molar-refractivity contribution in [3.8, 4) is 0 Å². The van der Waals surface area contributed by atoms with E-state index in [2.05, 4.69) is 0 Å². The first-order chi connectivity index (χ1) is 12.0. The highest BCUT2D eigenvalue weighted by atomic mass is 16.4. The van der Waals surface area contributed by atoms with E-state index < -0.39 is 5.97 Å². The number of aryl methyl sites for hydroxylation is 1. The van der Waals surface area contributed by atoms with Gasteiger partial charge in [0, 0.05) is 5.56 Å². The fourth-order valence-corrected chi connectivity index (χ4v) is 2.79. The Bertz CT molecular complexity index is 1040. The minimum Gasteiger partial charge on any atom is -0.478 e. The number of carbonyl (C=O) groups is 1. The molecule has 1 heterocycles. The maximum absolute atomic E-state index is 12.7. The van der Waals surface area contributed by atoms with E-state index in [1.54, 1.807) is 6.08 Å². The van der Waals surface area contributed by atoms with Gasteiger partial charge < -0.3 is 9.52 Å². The molecule has 4 heteroatoms. The standard InChI is InChI=1S/C21H18O4/c1-3-16-18(10-8-14-7-5-4-6-13(14)2)25-19-11-9-15(21(23)24)12-17(19)20(16)22/h4-12H,3H2,1-2H3,(H,23,24). The predicted molar refractivity (Wildman–Crippen MR) is 98.9 cm³/mol. The molecule has 0 aliphatic heterocycles. The summed E-state index contributed by atoms with van der Waals surface area (Å²) < 4.78 is 5.88. The number of fused-ring (bicyclic) bond motifs is 1. The molecule has 1 N–H and O–H groups in total. The van der Waals surface area contributed by atoms with Gasteiger partial charge in [0.15, 0.2) is 5.43 Å². The molecule has 0 unspecified atom stereocenters. The third-order valence-corrected chi connectivity index (χ3v) is 4.22. The van der Waals surface area contributed by atoms with E-state index in [4.69, 9.17) is 9.52 Å². The Balaban J connectivity index is 2.16. The highest BCUT2D eigenvalue weighted by molar-refractivity contribution is 5.93. The first kappa shape index (κ1) is 16.7. The van der Waals surface area contributed by atoms with Crippen LogP contribution in [0, 0.1) is 6.92 Å². The normalized spacial score (nSPS) is 11.3. The fourth-order valence-electron chi connectivity index (χ4n) is 2.79. The number of carboxylic acids is 1. The van der Waals surface area contributed by atoms with Crippen LogP contribution in [0.25, 0.3) is 23.1 Å². The van der Waals surface area contributed by atoms with Crippen LogP contribution in [0.3, 0.4) is 0 Å². The van der Waals surface area contributed by atoms with Gasteiger partial charge in [0.05, 0.1) is 10.9 Å². The van der Waals surface area contributed by atoms with Crippen LogP contribution >= 0.6 is 0 Å². The maximum Gasteiger partial charge on any atom is 0.335 e. The second-order valence-corrected chi connectivity index (χ2v) is 5.83. The number of carboxylic acid groups (broad SMARTS) is 1. The van der Waals surface area contributed by atoms with Gasteiger partial charge in [-0.3, -0.25) is 4.79 Å². The van der Waals surface area contributed by atoms with Gasteiger partial charge in [0.1, 0.15) is 11.3 Å². The molecule has 0 saturated heterocycles. The van der Waals surface area contributed by atoms with Crippen LogP contribution in [0.15, 0.2) is 51.7 Å². The Labute approximate surface area is 145 Å². The smallest absolute Gasteiger partial charge is 0.335 e. The second-order valence-electron chi connectivity index (χ2n) is 5.83. The summed E-state index contributed by atoms with van der Waals surface area (Å²) in [6, 6.07) is 12.3. The summed E-state index contributed by atoms with van der Waals surface area (Å²) in [4.78, 5) is 23.9. The molecule has 0 spiro atoms. The Kier molecular flexibility index (Phi) is 4.52. The molecule has 4 nitrogen and oxygen atoms in total. The number of hydrogen-bond acceptors (Lipinski definition) is 3. The van der Waals surface area contributed by atoms with Crippen LogP contribution in [0.2, 0.25) is 0 Å². The van der Waals surface area contributed by atoms with Crippen molar-refractivity contribution in [3.63, 3.8) is 0 Å². The van der Waals surface area contributed by atoms with Crippen molar-refractivity contribution in [3.05, 3.63) is 80.7 Å². The number of rotatable bonds is 4. The monoisotopic (exact) mass is 334 g/mol. The first-order valence-electron chi connectivity index (χ1n) is 8.08. The summed E-state index contributed by atoms with van der Waals surface area (Å²) in [5.74, 6) is -0.561. The Morgan fingerprint density at radius 2 is 1.92 bits per heavy atom. The molecule has 1 aromatic heterocycles. The largest absolute Gasteiger partial charge is 0.478 e. The van der Waals surface area contributed by atoms with E-state index >= 15 is 0 Å². The van der Waals surface area contributed by atoms with Crippen molar-refractivity contribution in [2.75, 3.05) is 0 Å². The van der Waals surface area contributed by atoms with Crippen LogP contribution in [-0.4, -0.2) is 11.1 Å². The lowest BCUT2D eigenvalue weighted by atomic mass is 10.0. The van der Waals surface area contributed by atoms with Crippen LogP contribution in [-0.2, 0) is 6.42 Å². The SMILES string of the molecule is CCc1c(C=Cc2ccccc2C)oc2ccc(C(=O)O)cc2c1=O. The van der Waals surface area contributed by atoms with Gasteiger partial charge in [-0.15, -0.1) is 0 Å². The molecule has 25 heavy (non-hydrogen) atoms. The molecule has 0 bridgehead atoms. The molecule has 3 rings (SSSR count). The summed E-state index contributed by atoms with van der Waals surface area (Å²) in [6.07, 6.45) is 4.22. The van der Waals surface area contributed by atoms with Gasteiger partial charge in [0.2, 0.25) is 0 Å². The van der Waals surface area contributed by atoms with Crippen molar-refractivity contribution < 1.29 is 14.3 Å². The molecule has 0 saturated carbocycles. The van der Waals surface area contributed by atoms with Crippen molar-refractivity contribution in [2.24, 2.45) is 0 Å². The van der Waals surface area contributed by atoms with Gasteiger partial charge in [-0.05, 0) is 48.7 Å². The zero-order valence-electron chi connectivity index (χ0n) is 14.1. The lowest BCUT2D eigenvalue weighted by molar-refractivity contribution is 0.0697. The molecule has 0 radical (unpaired) electrons. The summed E-state index contributed by atoms with van der Waals surface area (Å²) in [6.45, 7) is 3.90. The van der Waals surface area contributed by atoms with E-state index in [-0.39, 0.29) is 11.0 Å². The molecule has 2 aromatic carbocycles. The lowest BCUT2D eigenvalue weighted by Crippen LogP contribution is -2.11. The molecular formula is C21H18O4. The average molecular weight is 334 g/mol. The van der Waals surface area contributed by atoms with Gasteiger partial charge in [-0.2, -0.15) is 0 Å². The summed E-state index contributed by atoms with van der Waals surface area (Å²) in [5.41, 5.74) is 3.00. The van der Waals surface area contributed by atoms with Crippen molar-refractivity contribution >= 4 is 29.1 Å². The van der Waals surface area contributed by atoms with Gasteiger partial charge in [-0.1, -0.05) is 37.3 Å². The van der Waals surface area contributed by atoms with E-state index in [9.17, 15) is 9.59 Å².